The van der Waals surface area contributed by atoms with Crippen molar-refractivity contribution in [3.05, 3.63) is 16.0 Å². The second kappa shape index (κ2) is 7.90. The summed E-state index contributed by atoms with van der Waals surface area (Å²) in [6, 6.07) is 0. The Hall–Kier alpha value is -1.93. The predicted octanol–water partition coefficient (Wildman–Crippen LogP) is 0.768. The van der Waals surface area contributed by atoms with Gasteiger partial charge in [-0.2, -0.15) is 0 Å². The number of anilines is 1. The first kappa shape index (κ1) is 18.1. The van der Waals surface area contributed by atoms with E-state index in [2.05, 4.69) is 10.6 Å². The fraction of sp³-hybridized carbons (Fsp3) is 0.500. The molecule has 1 aromatic heterocycles. The van der Waals surface area contributed by atoms with Crippen LogP contribution in [-0.4, -0.2) is 57.0 Å². The summed E-state index contributed by atoms with van der Waals surface area (Å²) in [5.74, 6) is -2.07. The highest BCUT2D eigenvalue weighted by Gasteiger charge is 2.23. The highest BCUT2D eigenvalue weighted by Crippen LogP contribution is 2.32. The molecule has 0 saturated carbocycles. The molecule has 22 heavy (non-hydrogen) atoms. The van der Waals surface area contributed by atoms with Crippen molar-refractivity contribution in [1.82, 2.24) is 10.2 Å². The first-order chi connectivity index (χ1) is 10.3. The zero-order valence-electron chi connectivity index (χ0n) is 13.4. The van der Waals surface area contributed by atoms with E-state index in [4.69, 9.17) is 4.74 Å². The molecule has 7 nitrogen and oxygen atoms in total. The van der Waals surface area contributed by atoms with Crippen molar-refractivity contribution in [3.63, 3.8) is 0 Å². The molecule has 0 fully saturated rings. The number of methoxy groups -OCH3 is 1. The Morgan fingerprint density at radius 3 is 2.36 bits per heavy atom. The quantitative estimate of drug-likeness (QED) is 0.616. The monoisotopic (exact) mass is 327 g/mol. The molecule has 8 heteroatoms. The number of nitrogens with zero attached hydrogens (tertiary/aromatic N) is 1. The molecule has 0 bridgehead atoms. The Balaban J connectivity index is 2.78. The van der Waals surface area contributed by atoms with Gasteiger partial charge in [-0.05, 0) is 33.5 Å². The Kier molecular flexibility index (Phi) is 6.51. The van der Waals surface area contributed by atoms with E-state index in [0.717, 1.165) is 10.4 Å². The molecule has 0 aromatic carbocycles. The van der Waals surface area contributed by atoms with Crippen molar-refractivity contribution in [2.45, 2.75) is 13.8 Å². The number of carbonyl (C=O) groups excluding carboxylic acids is 3. The summed E-state index contributed by atoms with van der Waals surface area (Å²) >= 11 is 1.24. The summed E-state index contributed by atoms with van der Waals surface area (Å²) in [4.78, 5) is 38.2. The second-order valence-corrected chi connectivity index (χ2v) is 6.22. The van der Waals surface area contributed by atoms with E-state index < -0.39 is 17.8 Å². The van der Waals surface area contributed by atoms with Crippen molar-refractivity contribution in [2.75, 3.05) is 39.6 Å². The predicted molar refractivity (Wildman–Crippen MR) is 85.3 cm³/mol. The minimum atomic E-state index is -0.801. The van der Waals surface area contributed by atoms with E-state index in [-0.39, 0.29) is 0 Å². The minimum absolute atomic E-state index is 0.291. The van der Waals surface area contributed by atoms with Crippen molar-refractivity contribution in [2.24, 2.45) is 0 Å². The molecule has 0 unspecified atom stereocenters. The molecule has 2 N–H and O–H groups in total. The Bertz CT molecular complexity index is 581. The number of amides is 2. The van der Waals surface area contributed by atoms with E-state index in [9.17, 15) is 14.4 Å². The maximum Gasteiger partial charge on any atom is 0.341 e. The second-order valence-electron chi connectivity index (χ2n) is 4.99. The van der Waals surface area contributed by atoms with Crippen molar-refractivity contribution < 1.29 is 19.1 Å². The molecule has 0 aliphatic carbocycles. The van der Waals surface area contributed by atoms with Crippen molar-refractivity contribution >= 4 is 34.1 Å². The molecule has 0 aliphatic heterocycles. The average molecular weight is 327 g/mol. The SMILES string of the molecule is COC(=O)c1c(NC(=O)C(=O)NCCN(C)C)sc(C)c1C. The standard InChI is InChI=1S/C14H21N3O4S/c1-8-9(2)22-13(10(8)14(20)21-5)16-12(19)11(18)15-6-7-17(3)4/h6-7H2,1-5H3,(H,15,18)(H,16,19). The zero-order chi connectivity index (χ0) is 16.9. The number of ether oxygens (including phenoxy) is 1. The lowest BCUT2D eigenvalue weighted by Gasteiger charge is -2.10. The van der Waals surface area contributed by atoms with Crippen LogP contribution in [0, 0.1) is 13.8 Å². The van der Waals surface area contributed by atoms with Gasteiger partial charge in [0.15, 0.2) is 0 Å². The molecule has 2 amide bonds. The molecule has 0 saturated heterocycles. The smallest absolute Gasteiger partial charge is 0.341 e. The third-order valence-corrected chi connectivity index (χ3v) is 4.18. The summed E-state index contributed by atoms with van der Waals surface area (Å²) in [6.45, 7) is 4.60. The van der Waals surface area contributed by atoms with E-state index >= 15 is 0 Å². The molecule has 0 radical (unpaired) electrons. The third kappa shape index (κ3) is 4.54. The van der Waals surface area contributed by atoms with Gasteiger partial charge in [-0.3, -0.25) is 9.59 Å². The highest BCUT2D eigenvalue weighted by molar-refractivity contribution is 7.17. The number of hydrogen-bond donors (Lipinski definition) is 2. The number of esters is 1. The molecule has 1 aromatic rings. The van der Waals surface area contributed by atoms with E-state index in [1.807, 2.05) is 25.9 Å². The molecule has 122 valence electrons. The average Bonchev–Trinajstić information content (AvgIpc) is 2.72. The summed E-state index contributed by atoms with van der Waals surface area (Å²) < 4.78 is 4.71. The normalized spacial score (nSPS) is 10.5. The lowest BCUT2D eigenvalue weighted by atomic mass is 10.1. The van der Waals surface area contributed by atoms with Gasteiger partial charge in [-0.15, -0.1) is 11.3 Å². The maximum absolute atomic E-state index is 11.9. The molecule has 1 heterocycles. The Morgan fingerprint density at radius 1 is 1.18 bits per heavy atom. The van der Waals surface area contributed by atoms with Crippen LogP contribution in [0.2, 0.25) is 0 Å². The number of rotatable bonds is 5. The first-order valence-corrected chi connectivity index (χ1v) is 7.51. The van der Waals surface area contributed by atoms with Crippen molar-refractivity contribution in [3.8, 4) is 0 Å². The van der Waals surface area contributed by atoms with Crippen LogP contribution in [0.3, 0.4) is 0 Å². The molecule has 1 rings (SSSR count). The van der Waals surface area contributed by atoms with Crippen LogP contribution in [0.15, 0.2) is 0 Å². The minimum Gasteiger partial charge on any atom is -0.465 e. The largest absolute Gasteiger partial charge is 0.465 e. The number of aryl methyl sites for hydroxylation is 1. The van der Waals surface area contributed by atoms with Crippen LogP contribution in [-0.2, 0) is 14.3 Å². The van der Waals surface area contributed by atoms with Gasteiger partial charge in [0.1, 0.15) is 5.00 Å². The van der Waals surface area contributed by atoms with Gasteiger partial charge < -0.3 is 20.3 Å². The van der Waals surface area contributed by atoms with Gasteiger partial charge in [-0.1, -0.05) is 0 Å². The third-order valence-electron chi connectivity index (χ3n) is 3.05. The van der Waals surface area contributed by atoms with Crippen LogP contribution >= 0.6 is 11.3 Å². The molecule has 0 aliphatic rings. The number of likely N-dealkylation sites (N-methyl/N-ethyl adjacent to an activating group) is 1. The van der Waals surface area contributed by atoms with Crippen LogP contribution in [0.5, 0.6) is 0 Å². The Labute approximate surface area is 133 Å². The molecule has 0 spiro atoms. The van der Waals surface area contributed by atoms with Crippen LogP contribution < -0.4 is 10.6 Å². The van der Waals surface area contributed by atoms with Gasteiger partial charge in [0.05, 0.1) is 12.7 Å². The van der Waals surface area contributed by atoms with Crippen LogP contribution in [0.1, 0.15) is 20.8 Å². The van der Waals surface area contributed by atoms with E-state index in [1.54, 1.807) is 6.92 Å². The Morgan fingerprint density at radius 2 is 1.82 bits per heavy atom. The van der Waals surface area contributed by atoms with Gasteiger partial charge in [-0.25, -0.2) is 4.79 Å². The van der Waals surface area contributed by atoms with E-state index in [1.165, 1.54) is 18.4 Å². The topological polar surface area (TPSA) is 87.7 Å². The number of carbonyl (C=O) groups is 3. The first-order valence-electron chi connectivity index (χ1n) is 6.70. The lowest BCUT2D eigenvalue weighted by molar-refractivity contribution is -0.136. The number of thiophene rings is 1. The fourth-order valence-electron chi connectivity index (χ4n) is 1.70. The zero-order valence-corrected chi connectivity index (χ0v) is 14.2. The highest BCUT2D eigenvalue weighted by atomic mass is 32.1. The molecular weight excluding hydrogens is 306 g/mol. The lowest BCUT2D eigenvalue weighted by Crippen LogP contribution is -2.38. The van der Waals surface area contributed by atoms with Crippen molar-refractivity contribution in [1.29, 1.82) is 0 Å². The number of nitrogens with one attached hydrogen (secondary N) is 2. The number of hydrogen-bond acceptors (Lipinski definition) is 6. The summed E-state index contributed by atoms with van der Waals surface area (Å²) in [6.07, 6.45) is 0. The van der Waals surface area contributed by atoms with Gasteiger partial charge in [0.25, 0.3) is 0 Å². The van der Waals surface area contributed by atoms with Gasteiger partial charge in [0.2, 0.25) is 0 Å². The summed E-state index contributed by atoms with van der Waals surface area (Å²) in [5, 5.41) is 5.32. The molecule has 0 atom stereocenters. The van der Waals surface area contributed by atoms with Gasteiger partial charge in [0, 0.05) is 18.0 Å². The summed E-state index contributed by atoms with van der Waals surface area (Å²) in [5.41, 5.74) is 1.03. The summed E-state index contributed by atoms with van der Waals surface area (Å²) in [7, 11) is 5.01. The van der Waals surface area contributed by atoms with Crippen LogP contribution in [0.25, 0.3) is 0 Å². The van der Waals surface area contributed by atoms with Crippen LogP contribution in [0.4, 0.5) is 5.00 Å². The van der Waals surface area contributed by atoms with E-state index in [0.29, 0.717) is 23.7 Å². The fourth-order valence-corrected chi connectivity index (χ4v) is 2.74. The maximum atomic E-state index is 11.9. The molecular formula is C14H21N3O4S. The van der Waals surface area contributed by atoms with Gasteiger partial charge >= 0.3 is 17.8 Å².